The number of ether oxygens (including phenoxy) is 2. The molecule has 16 atom stereocenters. The van der Waals surface area contributed by atoms with Crippen molar-refractivity contribution in [3.05, 3.63) is 83.0 Å². The Labute approximate surface area is 533 Å². The van der Waals surface area contributed by atoms with Gasteiger partial charge in [-0.15, -0.1) is 0 Å². The van der Waals surface area contributed by atoms with Gasteiger partial charge in [0, 0.05) is 78.9 Å². The summed E-state index contributed by atoms with van der Waals surface area (Å²) in [6.45, 7) is 3.02. The molecule has 10 saturated carbocycles. The van der Waals surface area contributed by atoms with E-state index >= 15 is 4.79 Å². The molecule has 11 fully saturated rings. The molecule has 2 aromatic carbocycles. The number of fused-ring (bicyclic) bond motifs is 2. The van der Waals surface area contributed by atoms with E-state index in [0.717, 1.165) is 86.7 Å². The van der Waals surface area contributed by atoms with Crippen LogP contribution in [0.5, 0.6) is 11.5 Å². The van der Waals surface area contributed by atoms with E-state index < -0.39 is 17.3 Å². The van der Waals surface area contributed by atoms with E-state index in [1.165, 1.54) is 128 Å². The zero-order valence-electron chi connectivity index (χ0n) is 53.0. The molecule has 18 aliphatic rings. The summed E-state index contributed by atoms with van der Waals surface area (Å²) < 4.78 is 14.1. The number of hydrogen-bond donors (Lipinski definition) is 4. The van der Waals surface area contributed by atoms with Gasteiger partial charge in [-0.05, 0) is 247 Å². The van der Waals surface area contributed by atoms with Crippen LogP contribution in [-0.2, 0) is 27.3 Å². The summed E-state index contributed by atoms with van der Waals surface area (Å²) in [7, 11) is 4.39. The summed E-state index contributed by atoms with van der Waals surface area (Å²) in [5.41, 5.74) is 11.5. The number of nitrogens with two attached hydrogens (primary N) is 1. The van der Waals surface area contributed by atoms with Crippen LogP contribution in [0.4, 0.5) is 0 Å². The number of aliphatic hydroxyl groups excluding tert-OH is 1. The molecule has 2 aromatic rings. The molecule has 0 radical (unpaired) electrons. The molecule has 20 rings (SSSR count). The molecule has 5 N–H and O–H groups in total. The SMILES string of the molecule is CC(=O)OC12CCc3cc(c(O)c4c3C3C=CC5(CCCC5C3)O4)CN3CC4(CC3=O)C(CCC4c3ccccc3)CN=C(N)NC3(CCCC34CCCC4)SSCC3CCC(C(CC1)C(O)C2)C1C=CC2C4(CCCC4)CCC24CCC31C41CCCC1. The number of hydrogen-bond acceptors (Lipinski definition) is 11. The summed E-state index contributed by atoms with van der Waals surface area (Å²) >= 11 is 0. The summed E-state index contributed by atoms with van der Waals surface area (Å²) in [6.07, 6.45) is 47.3. The Kier molecular flexibility index (Phi) is 14.0. The van der Waals surface area contributed by atoms with Gasteiger partial charge >= 0.3 is 5.97 Å². The Morgan fingerprint density at radius 2 is 1.57 bits per heavy atom. The molecule has 1 saturated heterocycles. The molecule has 474 valence electrons. The Morgan fingerprint density at radius 3 is 2.39 bits per heavy atom. The first-order valence-corrected chi connectivity index (χ1v) is 38.6. The van der Waals surface area contributed by atoms with Crippen LogP contribution in [0.15, 0.2) is 65.7 Å². The molecule has 16 unspecified atom stereocenters. The van der Waals surface area contributed by atoms with Gasteiger partial charge in [0.15, 0.2) is 17.5 Å². The van der Waals surface area contributed by atoms with Crippen LogP contribution in [-0.4, -0.2) is 74.0 Å². The Hall–Kier alpha value is -3.61. The van der Waals surface area contributed by atoms with E-state index in [-0.39, 0.29) is 69.0 Å². The summed E-state index contributed by atoms with van der Waals surface area (Å²) in [5, 5.41) is 30.4. The lowest BCUT2D eigenvalue weighted by atomic mass is 9.42. The summed E-state index contributed by atoms with van der Waals surface area (Å²) in [5.74, 6) is 5.35. The van der Waals surface area contributed by atoms with E-state index in [1.54, 1.807) is 6.92 Å². The highest BCUT2D eigenvalue weighted by atomic mass is 33.1. The number of nitrogens with zero attached hydrogens (tertiary/aromatic N) is 2. The molecule has 0 aromatic heterocycles. The third kappa shape index (κ3) is 8.30. The van der Waals surface area contributed by atoms with E-state index in [0.29, 0.717) is 96.3 Å². The molecule has 10 nitrogen and oxygen atoms in total. The van der Waals surface area contributed by atoms with Crippen molar-refractivity contribution >= 4 is 39.4 Å². The Balaban J connectivity index is 0.788. The Bertz CT molecular complexity index is 3180. The van der Waals surface area contributed by atoms with Crippen molar-refractivity contribution in [1.82, 2.24) is 10.2 Å². The number of phenols is 1. The monoisotopic (exact) mass is 1230 g/mol. The van der Waals surface area contributed by atoms with Crippen LogP contribution in [0.25, 0.3) is 0 Å². The second kappa shape index (κ2) is 21.2. The number of carbonyl (C=O) groups is 2. The molecule has 12 heteroatoms. The number of aryl methyl sites for hydroxylation is 1. The average Bonchev–Trinajstić information content (AvgIpc) is 1.48. The zero-order chi connectivity index (χ0) is 59.5. The minimum atomic E-state index is -0.835. The van der Waals surface area contributed by atoms with E-state index in [1.807, 2.05) is 0 Å². The van der Waals surface area contributed by atoms with Crippen molar-refractivity contribution in [2.45, 2.75) is 259 Å². The van der Waals surface area contributed by atoms with Gasteiger partial charge < -0.3 is 35.6 Å². The average molecular weight is 1230 g/mol. The summed E-state index contributed by atoms with van der Waals surface area (Å²) in [6, 6.07) is 13.2. The zero-order valence-corrected chi connectivity index (χ0v) is 54.7. The quantitative estimate of drug-likeness (QED) is 0.130. The predicted octanol–water partition coefficient (Wildman–Crippen LogP) is 15.9. The second-order valence-electron chi connectivity index (χ2n) is 33.1. The molecule has 8 spiro atoms. The number of guanidine groups is 1. The van der Waals surface area contributed by atoms with Gasteiger partial charge in [-0.25, -0.2) is 0 Å². The van der Waals surface area contributed by atoms with Crippen LogP contribution < -0.4 is 15.8 Å². The molecule has 6 aliphatic heterocycles. The third-order valence-electron chi connectivity index (χ3n) is 30.3. The number of esters is 1. The second-order valence-corrected chi connectivity index (χ2v) is 35.7. The van der Waals surface area contributed by atoms with Gasteiger partial charge in [-0.2, -0.15) is 0 Å². The first-order valence-electron chi connectivity index (χ1n) is 36.3. The van der Waals surface area contributed by atoms with Crippen LogP contribution >= 0.6 is 21.6 Å². The van der Waals surface area contributed by atoms with Crippen LogP contribution in [0.3, 0.4) is 0 Å². The topological polar surface area (TPSA) is 147 Å². The van der Waals surface area contributed by atoms with Gasteiger partial charge in [-0.3, -0.25) is 14.6 Å². The van der Waals surface area contributed by atoms with Gasteiger partial charge in [0.05, 0.1) is 6.10 Å². The number of amides is 1. The minimum Gasteiger partial charge on any atom is -0.504 e. The lowest BCUT2D eigenvalue weighted by Gasteiger charge is -2.63. The smallest absolute Gasteiger partial charge is 0.303 e. The maximum absolute atomic E-state index is 15.1. The largest absolute Gasteiger partial charge is 0.504 e. The maximum Gasteiger partial charge on any atom is 0.303 e. The molecule has 12 bridgehead atoms. The first-order chi connectivity index (χ1) is 42.7. The lowest BCUT2D eigenvalue weighted by molar-refractivity contribution is -0.177. The number of phenolic OH excluding ortho intramolecular Hbond substituents is 1. The Morgan fingerprint density at radius 1 is 0.784 bits per heavy atom. The number of benzene rings is 2. The van der Waals surface area contributed by atoms with Gasteiger partial charge in [0.25, 0.3) is 0 Å². The van der Waals surface area contributed by atoms with Crippen LogP contribution in [0.1, 0.15) is 246 Å². The van der Waals surface area contributed by atoms with Gasteiger partial charge in [0.2, 0.25) is 5.91 Å². The van der Waals surface area contributed by atoms with Crippen molar-refractivity contribution in [2.75, 3.05) is 18.8 Å². The van der Waals surface area contributed by atoms with Crippen molar-refractivity contribution in [3.63, 3.8) is 0 Å². The number of nitrogens with one attached hydrogen (secondary N) is 1. The van der Waals surface area contributed by atoms with E-state index in [4.69, 9.17) is 20.2 Å². The number of carbonyl (C=O) groups excluding carboxylic acids is 2. The van der Waals surface area contributed by atoms with Crippen molar-refractivity contribution in [3.8, 4) is 11.5 Å². The fourth-order valence-corrected chi connectivity index (χ4v) is 30.9. The fraction of sp³-hybridized carbons (Fsp3) is 0.750. The van der Waals surface area contributed by atoms with Gasteiger partial charge in [-0.1, -0.05) is 109 Å². The van der Waals surface area contributed by atoms with Gasteiger partial charge in [0.1, 0.15) is 16.1 Å². The minimum absolute atomic E-state index is 0.0837. The van der Waals surface area contributed by atoms with Crippen molar-refractivity contribution in [1.29, 1.82) is 0 Å². The van der Waals surface area contributed by atoms with E-state index in [9.17, 15) is 15.0 Å². The highest BCUT2D eigenvalue weighted by Gasteiger charge is 2.78. The van der Waals surface area contributed by atoms with Crippen LogP contribution in [0, 0.1) is 73.9 Å². The molecule has 12 aliphatic carbocycles. The van der Waals surface area contributed by atoms with Crippen molar-refractivity contribution < 1.29 is 29.3 Å². The maximum atomic E-state index is 15.1. The fourth-order valence-electron chi connectivity index (χ4n) is 26.9. The number of rotatable bonds is 2. The molecular formula is C76H102N4O6S2. The molecule has 88 heavy (non-hydrogen) atoms. The summed E-state index contributed by atoms with van der Waals surface area (Å²) in [4.78, 5) is 36.1. The van der Waals surface area contributed by atoms with E-state index in [2.05, 4.69) is 92.5 Å². The molecule has 6 heterocycles. The highest BCUT2D eigenvalue weighted by Crippen LogP contribution is 2.85. The first kappa shape index (κ1) is 58.2. The number of allylic oxidation sites excluding steroid dienone is 3. The normalized spacial score (nSPS) is 44.0. The van der Waals surface area contributed by atoms with Crippen molar-refractivity contribution in [2.24, 2.45) is 84.6 Å². The lowest BCUT2D eigenvalue weighted by Crippen LogP contribution is -2.59. The van der Waals surface area contributed by atoms with Crippen LogP contribution in [0.2, 0.25) is 0 Å². The third-order valence-corrected chi connectivity index (χ3v) is 33.6. The number of aromatic hydroxyl groups is 1. The number of aliphatic imine (C=N–C) groups is 1. The predicted molar refractivity (Wildman–Crippen MR) is 350 cm³/mol. The highest BCUT2D eigenvalue weighted by molar-refractivity contribution is 8.77. The molecular weight excluding hydrogens is 1130 g/mol. The number of aliphatic hydroxyl groups is 1. The molecule has 1 amide bonds. The standard InChI is InChI=1S/C76H102N4O6S2/c1-49(81)85-70-34-22-51-41-53(65(84)66-64(51)52-23-36-73(86-66)30-11-15-54(73)42-52)46-80-48-71(44-63(80)83)55(17-19-59(71)50-13-3-2-4-14-50)45-78-67(77)79-76(33-12-29-69(76)27-7-8-28-69)88-87-47-56-16-18-57(58(24-35-70)61(82)43-70)60-20-21-62-68(25-5-6-26-68)37-38-72(62)39-40-75(56,60)74(72)31-9-10-32-74/h2-4,13-14,20-21,23,36,41,52,54-62,82,84H,5-12,15-19,22,24-35,37-40,42-48H2,1H3,(H3,77,78,79).